The van der Waals surface area contributed by atoms with E-state index in [-0.39, 0.29) is 5.41 Å². The van der Waals surface area contributed by atoms with Crippen molar-refractivity contribution in [3.05, 3.63) is 35.9 Å². The maximum Gasteiger partial charge on any atom is 0.229 e. The summed E-state index contributed by atoms with van der Waals surface area (Å²) in [4.78, 5) is 15.8. The maximum absolute atomic E-state index is 13.6. The predicted molar refractivity (Wildman–Crippen MR) is 96.7 cm³/mol. The van der Waals surface area contributed by atoms with Crippen molar-refractivity contribution in [2.24, 2.45) is 17.3 Å². The van der Waals surface area contributed by atoms with Crippen molar-refractivity contribution in [3.8, 4) is 0 Å². The first-order valence-electron chi connectivity index (χ1n) is 9.72. The van der Waals surface area contributed by atoms with Crippen molar-refractivity contribution < 1.29 is 4.79 Å². The number of carbonyl (C=O) groups is 1. The molecule has 3 atom stereocenters. The van der Waals surface area contributed by atoms with Crippen LogP contribution in [0.1, 0.15) is 44.1 Å². The van der Waals surface area contributed by atoms with E-state index in [1.54, 1.807) is 0 Å². The molecular formula is C21H30N2O. The lowest BCUT2D eigenvalue weighted by Gasteiger charge is -2.43. The van der Waals surface area contributed by atoms with Crippen LogP contribution < -0.4 is 5.32 Å². The zero-order valence-electron chi connectivity index (χ0n) is 14.8. The van der Waals surface area contributed by atoms with Gasteiger partial charge in [-0.25, -0.2) is 0 Å². The van der Waals surface area contributed by atoms with E-state index >= 15 is 0 Å². The molecule has 1 saturated heterocycles. The van der Waals surface area contributed by atoms with Crippen LogP contribution in [0.2, 0.25) is 0 Å². The summed E-state index contributed by atoms with van der Waals surface area (Å²) in [5.41, 5.74) is 1.22. The second-order valence-corrected chi connectivity index (χ2v) is 8.25. The number of hydrogen-bond acceptors (Lipinski definition) is 2. The summed E-state index contributed by atoms with van der Waals surface area (Å²) >= 11 is 0. The van der Waals surface area contributed by atoms with Crippen LogP contribution in [0.5, 0.6) is 0 Å². The molecule has 1 N–H and O–H groups in total. The fraction of sp³-hybridized carbons (Fsp3) is 0.667. The quantitative estimate of drug-likeness (QED) is 0.921. The summed E-state index contributed by atoms with van der Waals surface area (Å²) in [7, 11) is 2.04. The van der Waals surface area contributed by atoms with Crippen molar-refractivity contribution >= 4 is 5.91 Å². The van der Waals surface area contributed by atoms with Gasteiger partial charge in [0.25, 0.3) is 0 Å². The first kappa shape index (κ1) is 16.1. The molecule has 1 aromatic carbocycles. The number of carbonyl (C=O) groups excluding carboxylic acids is 1. The zero-order valence-corrected chi connectivity index (χ0v) is 14.8. The second-order valence-electron chi connectivity index (χ2n) is 8.25. The molecule has 3 heteroatoms. The Labute approximate surface area is 145 Å². The number of fused-ring (bicyclic) bond motifs is 2. The lowest BCUT2D eigenvalue weighted by molar-refractivity contribution is -0.146. The van der Waals surface area contributed by atoms with E-state index in [1.165, 1.54) is 24.8 Å². The summed E-state index contributed by atoms with van der Waals surface area (Å²) in [5.74, 6) is 1.86. The van der Waals surface area contributed by atoms with Gasteiger partial charge in [0.1, 0.15) is 0 Å². The minimum absolute atomic E-state index is 0.114. The summed E-state index contributed by atoms with van der Waals surface area (Å²) in [6.07, 6.45) is 8.14. The molecule has 3 nitrogen and oxygen atoms in total. The fourth-order valence-electron chi connectivity index (χ4n) is 5.64. The van der Waals surface area contributed by atoms with Gasteiger partial charge in [0, 0.05) is 19.1 Å². The second kappa shape index (κ2) is 6.51. The molecule has 1 aromatic rings. The zero-order chi connectivity index (χ0) is 16.6. The number of amides is 1. The maximum atomic E-state index is 13.6. The standard InChI is InChI=1S/C21H30N2O/c1-22-19-9-11-23(12-10-19)20(24)21(14-16-5-3-2-4-6-16)15-17-7-8-18(21)13-17/h2-6,17-19,22H,7-15H2,1H3. The Morgan fingerprint density at radius 1 is 1.17 bits per heavy atom. The molecule has 4 rings (SSSR count). The van der Waals surface area contributed by atoms with Gasteiger partial charge in [0.15, 0.2) is 0 Å². The van der Waals surface area contributed by atoms with Crippen LogP contribution in [0, 0.1) is 17.3 Å². The minimum Gasteiger partial charge on any atom is -0.342 e. The molecule has 0 aromatic heterocycles. The number of hydrogen-bond donors (Lipinski definition) is 1. The highest BCUT2D eigenvalue weighted by molar-refractivity contribution is 5.84. The number of piperidine rings is 1. The Kier molecular flexibility index (Phi) is 4.38. The van der Waals surface area contributed by atoms with E-state index in [1.807, 2.05) is 7.05 Å². The van der Waals surface area contributed by atoms with Gasteiger partial charge in [0.2, 0.25) is 5.91 Å². The molecule has 1 amide bonds. The number of likely N-dealkylation sites (tertiary alicyclic amines) is 1. The van der Waals surface area contributed by atoms with Crippen molar-refractivity contribution in [2.45, 2.75) is 51.0 Å². The van der Waals surface area contributed by atoms with Crippen LogP contribution in [0.25, 0.3) is 0 Å². The minimum atomic E-state index is -0.114. The number of rotatable bonds is 4. The summed E-state index contributed by atoms with van der Waals surface area (Å²) < 4.78 is 0. The molecule has 1 heterocycles. The molecule has 3 aliphatic rings. The highest BCUT2D eigenvalue weighted by Gasteiger charge is 2.56. The smallest absolute Gasteiger partial charge is 0.229 e. The van der Waals surface area contributed by atoms with E-state index in [2.05, 4.69) is 40.5 Å². The van der Waals surface area contributed by atoms with Gasteiger partial charge >= 0.3 is 0 Å². The first-order valence-corrected chi connectivity index (χ1v) is 9.72. The normalized spacial score (nSPS) is 33.1. The van der Waals surface area contributed by atoms with Gasteiger partial charge in [-0.2, -0.15) is 0 Å². The molecule has 3 fully saturated rings. The third kappa shape index (κ3) is 2.77. The third-order valence-corrected chi connectivity index (χ3v) is 6.95. The Bertz CT molecular complexity index is 579. The molecular weight excluding hydrogens is 296 g/mol. The van der Waals surface area contributed by atoms with E-state index in [4.69, 9.17) is 0 Å². The van der Waals surface area contributed by atoms with Crippen LogP contribution in [-0.4, -0.2) is 37.0 Å². The van der Waals surface area contributed by atoms with Crippen LogP contribution in [0.3, 0.4) is 0 Å². The van der Waals surface area contributed by atoms with Crippen molar-refractivity contribution in [2.75, 3.05) is 20.1 Å². The predicted octanol–water partition coefficient (Wildman–Crippen LogP) is 3.25. The number of nitrogens with one attached hydrogen (secondary N) is 1. The van der Waals surface area contributed by atoms with Gasteiger partial charge in [-0.05, 0) is 63.0 Å². The lowest BCUT2D eigenvalue weighted by Crippen LogP contribution is -2.52. The summed E-state index contributed by atoms with van der Waals surface area (Å²) in [5, 5.41) is 3.37. The Morgan fingerprint density at radius 3 is 2.50 bits per heavy atom. The SMILES string of the molecule is CNC1CCN(C(=O)C2(Cc3ccccc3)CC3CCC2C3)CC1. The molecule has 2 aliphatic carbocycles. The summed E-state index contributed by atoms with van der Waals surface area (Å²) in [6, 6.07) is 11.3. The lowest BCUT2D eigenvalue weighted by atomic mass is 9.68. The molecule has 2 bridgehead atoms. The van der Waals surface area contributed by atoms with E-state index in [0.717, 1.165) is 44.7 Å². The van der Waals surface area contributed by atoms with Crippen LogP contribution in [-0.2, 0) is 11.2 Å². The number of benzene rings is 1. The molecule has 3 unspecified atom stereocenters. The molecule has 2 saturated carbocycles. The topological polar surface area (TPSA) is 32.3 Å². The van der Waals surface area contributed by atoms with Crippen LogP contribution in [0.4, 0.5) is 0 Å². The Balaban J connectivity index is 1.56. The van der Waals surface area contributed by atoms with Crippen molar-refractivity contribution in [3.63, 3.8) is 0 Å². The van der Waals surface area contributed by atoms with E-state index < -0.39 is 0 Å². The van der Waals surface area contributed by atoms with Crippen LogP contribution in [0.15, 0.2) is 30.3 Å². The van der Waals surface area contributed by atoms with Gasteiger partial charge in [-0.3, -0.25) is 4.79 Å². The van der Waals surface area contributed by atoms with Gasteiger partial charge in [0.05, 0.1) is 5.41 Å². The molecule has 130 valence electrons. The molecule has 24 heavy (non-hydrogen) atoms. The van der Waals surface area contributed by atoms with Crippen molar-refractivity contribution in [1.82, 2.24) is 10.2 Å². The number of nitrogens with zero attached hydrogens (tertiary/aromatic N) is 1. The van der Waals surface area contributed by atoms with E-state index in [0.29, 0.717) is 17.9 Å². The largest absolute Gasteiger partial charge is 0.342 e. The Morgan fingerprint density at radius 2 is 1.92 bits per heavy atom. The van der Waals surface area contributed by atoms with Gasteiger partial charge in [-0.1, -0.05) is 36.8 Å². The average Bonchev–Trinajstić information content (AvgIpc) is 3.24. The average molecular weight is 326 g/mol. The molecule has 0 spiro atoms. The highest BCUT2D eigenvalue weighted by atomic mass is 16.2. The van der Waals surface area contributed by atoms with E-state index in [9.17, 15) is 4.79 Å². The fourth-order valence-corrected chi connectivity index (χ4v) is 5.64. The molecule has 0 radical (unpaired) electrons. The molecule has 1 aliphatic heterocycles. The van der Waals surface area contributed by atoms with Gasteiger partial charge < -0.3 is 10.2 Å². The first-order chi connectivity index (χ1) is 11.7. The summed E-state index contributed by atoms with van der Waals surface area (Å²) in [6.45, 7) is 1.86. The van der Waals surface area contributed by atoms with Crippen LogP contribution >= 0.6 is 0 Å². The van der Waals surface area contributed by atoms with Crippen molar-refractivity contribution in [1.29, 1.82) is 0 Å². The van der Waals surface area contributed by atoms with Gasteiger partial charge in [-0.15, -0.1) is 0 Å². The Hall–Kier alpha value is -1.35. The third-order valence-electron chi connectivity index (χ3n) is 6.95. The highest BCUT2D eigenvalue weighted by Crippen LogP contribution is 2.58. The monoisotopic (exact) mass is 326 g/mol.